The summed E-state index contributed by atoms with van der Waals surface area (Å²) in [6, 6.07) is 0. The summed E-state index contributed by atoms with van der Waals surface area (Å²) in [6.07, 6.45) is 0. The highest BCUT2D eigenvalue weighted by Crippen LogP contribution is 2.06. The van der Waals surface area contributed by atoms with Gasteiger partial charge < -0.3 is 10.2 Å². The summed E-state index contributed by atoms with van der Waals surface area (Å²) in [6.45, 7) is 10.4. The zero-order valence-corrected chi connectivity index (χ0v) is 19.8. The van der Waals surface area contributed by atoms with Gasteiger partial charge in [0, 0.05) is 78.5 Å². The second-order valence-electron chi connectivity index (χ2n) is 7.88. The third-order valence-electron chi connectivity index (χ3n) is 5.45. The number of aliphatic hydroxyl groups excluding tert-OH is 2. The van der Waals surface area contributed by atoms with Gasteiger partial charge in [-0.1, -0.05) is 0 Å². The maximum atomic E-state index is 10.9. The van der Waals surface area contributed by atoms with Gasteiger partial charge in [0.1, 0.15) is 0 Å². The summed E-state index contributed by atoms with van der Waals surface area (Å²) in [7, 11) is -7.76. The number of rotatable bonds is 10. The van der Waals surface area contributed by atoms with Crippen LogP contribution < -0.4 is 0 Å². The first-order chi connectivity index (χ1) is 14.4. The highest BCUT2D eigenvalue weighted by atomic mass is 32.2. The minimum Gasteiger partial charge on any atom is -0.395 e. The number of piperazine rings is 2. The lowest BCUT2D eigenvalue weighted by molar-refractivity contribution is 0.113. The molecule has 0 spiro atoms. The minimum absolute atomic E-state index is 0.154. The Labute approximate surface area is 185 Å². The fourth-order valence-corrected chi connectivity index (χ4v) is 4.31. The van der Waals surface area contributed by atoms with Crippen LogP contribution in [0.2, 0.25) is 0 Å². The monoisotopic (exact) mass is 490 g/mol. The van der Waals surface area contributed by atoms with E-state index in [4.69, 9.17) is 19.3 Å². The Hall–Kier alpha value is -0.420. The Morgan fingerprint density at radius 1 is 0.677 bits per heavy atom. The van der Waals surface area contributed by atoms with Crippen LogP contribution in [0, 0.1) is 0 Å². The zero-order valence-electron chi connectivity index (χ0n) is 18.2. The molecule has 0 aromatic rings. The highest BCUT2D eigenvalue weighted by Gasteiger charge is 2.23. The zero-order chi connectivity index (χ0) is 23.5. The molecule has 0 radical (unpaired) electrons. The summed E-state index contributed by atoms with van der Waals surface area (Å²) >= 11 is 0. The van der Waals surface area contributed by atoms with Crippen LogP contribution in [0.25, 0.3) is 0 Å². The van der Waals surface area contributed by atoms with E-state index in [1.807, 2.05) is 9.80 Å². The molecule has 1 unspecified atom stereocenters. The molecular formula is C17H38N4O8S2. The number of aliphatic hydroxyl groups is 2. The second-order valence-corrected chi connectivity index (χ2v) is 11.3. The second kappa shape index (κ2) is 14.0. The normalized spacial score (nSPS) is 21.5. The standard InChI is InChI=1S/C9H20N2O4S.C8H18N2O4S/c1-9(16(13,14)15)8-11-4-2-10(3-5-11)6-7-12;11-7-5-9-1-3-10(4-2-9)6-8-15(12,13)14/h9,12H,2-8H2,1H3,(H,13,14,15);11H,1-8H2,(H,12,13,14). The molecule has 2 heterocycles. The first-order valence-corrected chi connectivity index (χ1v) is 13.6. The predicted octanol–water partition coefficient (Wildman–Crippen LogP) is -2.64. The fourth-order valence-electron chi connectivity index (χ4n) is 3.42. The number of β-amino-alcohol motifs (C(OH)–C–C–N with tert-alkyl or cyclic N) is 2. The number of hydrogen-bond acceptors (Lipinski definition) is 10. The Morgan fingerprint density at radius 2 is 1.03 bits per heavy atom. The maximum absolute atomic E-state index is 10.9. The lowest BCUT2D eigenvalue weighted by Gasteiger charge is -2.35. The quantitative estimate of drug-likeness (QED) is 0.236. The van der Waals surface area contributed by atoms with Crippen molar-refractivity contribution in [3.8, 4) is 0 Å². The van der Waals surface area contributed by atoms with Crippen LogP contribution in [0.3, 0.4) is 0 Å². The molecule has 0 aromatic heterocycles. The molecule has 12 nitrogen and oxygen atoms in total. The van der Waals surface area contributed by atoms with Crippen molar-refractivity contribution in [3.63, 3.8) is 0 Å². The van der Waals surface area contributed by atoms with Crippen LogP contribution in [-0.4, -0.2) is 159 Å². The van der Waals surface area contributed by atoms with E-state index < -0.39 is 25.5 Å². The van der Waals surface area contributed by atoms with Crippen molar-refractivity contribution in [2.75, 3.05) is 97.5 Å². The molecule has 2 aliphatic heterocycles. The predicted molar refractivity (Wildman–Crippen MR) is 117 cm³/mol. The van der Waals surface area contributed by atoms with Crippen LogP contribution in [0.4, 0.5) is 0 Å². The summed E-state index contributed by atoms with van der Waals surface area (Å²) in [4.78, 5) is 8.28. The van der Waals surface area contributed by atoms with E-state index in [0.717, 1.165) is 52.4 Å². The molecule has 0 amide bonds. The fraction of sp³-hybridized carbons (Fsp3) is 1.00. The van der Waals surface area contributed by atoms with Crippen LogP contribution in [-0.2, 0) is 20.2 Å². The van der Waals surface area contributed by atoms with Crippen molar-refractivity contribution in [1.29, 1.82) is 0 Å². The van der Waals surface area contributed by atoms with Crippen molar-refractivity contribution in [3.05, 3.63) is 0 Å². The molecule has 0 bridgehead atoms. The average Bonchev–Trinajstić information content (AvgIpc) is 2.69. The van der Waals surface area contributed by atoms with E-state index in [2.05, 4.69) is 9.80 Å². The van der Waals surface area contributed by atoms with Crippen LogP contribution in [0.15, 0.2) is 0 Å². The van der Waals surface area contributed by atoms with Gasteiger partial charge in [0.2, 0.25) is 0 Å². The molecule has 0 aliphatic carbocycles. The van der Waals surface area contributed by atoms with Crippen molar-refractivity contribution < 1.29 is 36.2 Å². The maximum Gasteiger partial charge on any atom is 0.268 e. The molecule has 2 aliphatic rings. The Morgan fingerprint density at radius 3 is 1.35 bits per heavy atom. The summed E-state index contributed by atoms with van der Waals surface area (Å²) in [5, 5.41) is 16.8. The molecule has 31 heavy (non-hydrogen) atoms. The average molecular weight is 491 g/mol. The van der Waals surface area contributed by atoms with Gasteiger partial charge in [0.15, 0.2) is 0 Å². The van der Waals surface area contributed by atoms with Gasteiger partial charge in [-0.2, -0.15) is 16.8 Å². The Balaban J connectivity index is 0.000000311. The van der Waals surface area contributed by atoms with Gasteiger partial charge in [-0.25, -0.2) is 0 Å². The van der Waals surface area contributed by atoms with E-state index in [0.29, 0.717) is 26.2 Å². The van der Waals surface area contributed by atoms with E-state index in [1.54, 1.807) is 0 Å². The van der Waals surface area contributed by atoms with Crippen LogP contribution in [0.5, 0.6) is 0 Å². The SMILES string of the molecule is CC(CN1CCN(CCO)CC1)S(=O)(=O)O.O=S(=O)(O)CCN1CCN(CCO)CC1. The first kappa shape index (κ1) is 28.6. The topological polar surface area (TPSA) is 162 Å². The molecule has 2 saturated heterocycles. The van der Waals surface area contributed by atoms with Crippen molar-refractivity contribution >= 4 is 20.2 Å². The molecule has 2 rings (SSSR count). The molecule has 2 fully saturated rings. The van der Waals surface area contributed by atoms with E-state index in [1.165, 1.54) is 6.92 Å². The first-order valence-electron chi connectivity index (χ1n) is 10.5. The van der Waals surface area contributed by atoms with Crippen LogP contribution >= 0.6 is 0 Å². The number of hydrogen-bond donors (Lipinski definition) is 4. The molecule has 14 heteroatoms. The molecule has 0 saturated carbocycles. The summed E-state index contributed by atoms with van der Waals surface area (Å²) in [5.74, 6) is -0.201. The molecule has 4 N–H and O–H groups in total. The van der Waals surface area contributed by atoms with Gasteiger partial charge in [-0.05, 0) is 6.92 Å². The molecular weight excluding hydrogens is 452 g/mol. The van der Waals surface area contributed by atoms with Gasteiger partial charge in [0.05, 0.1) is 24.2 Å². The third-order valence-corrected chi connectivity index (χ3v) is 7.32. The Kier molecular flexibility index (Phi) is 12.9. The highest BCUT2D eigenvalue weighted by molar-refractivity contribution is 7.86. The van der Waals surface area contributed by atoms with Gasteiger partial charge in [-0.15, -0.1) is 0 Å². The van der Waals surface area contributed by atoms with Gasteiger partial charge in [-0.3, -0.25) is 28.7 Å². The van der Waals surface area contributed by atoms with Crippen molar-refractivity contribution in [2.45, 2.75) is 12.2 Å². The Bertz CT molecular complexity index is 691. The summed E-state index contributed by atoms with van der Waals surface area (Å²) in [5.41, 5.74) is 0. The minimum atomic E-state index is -3.92. The van der Waals surface area contributed by atoms with E-state index >= 15 is 0 Å². The van der Waals surface area contributed by atoms with E-state index in [-0.39, 0.29) is 19.0 Å². The van der Waals surface area contributed by atoms with Crippen molar-refractivity contribution in [2.24, 2.45) is 0 Å². The van der Waals surface area contributed by atoms with Crippen LogP contribution in [0.1, 0.15) is 6.92 Å². The smallest absolute Gasteiger partial charge is 0.268 e. The lowest BCUT2D eigenvalue weighted by Crippen LogP contribution is -2.49. The van der Waals surface area contributed by atoms with Gasteiger partial charge in [0.25, 0.3) is 20.2 Å². The third kappa shape index (κ3) is 13.0. The molecule has 1 atom stereocenters. The largest absolute Gasteiger partial charge is 0.395 e. The van der Waals surface area contributed by atoms with E-state index in [9.17, 15) is 16.8 Å². The lowest BCUT2D eigenvalue weighted by atomic mass is 10.3. The molecule has 186 valence electrons. The van der Waals surface area contributed by atoms with Crippen molar-refractivity contribution in [1.82, 2.24) is 19.6 Å². The summed E-state index contributed by atoms with van der Waals surface area (Å²) < 4.78 is 60.2. The molecule has 0 aromatic carbocycles. The van der Waals surface area contributed by atoms with Gasteiger partial charge >= 0.3 is 0 Å². The number of nitrogens with zero attached hydrogens (tertiary/aromatic N) is 4.